The van der Waals surface area contributed by atoms with Crippen molar-refractivity contribution in [2.75, 3.05) is 14.2 Å². The number of aromatic nitrogens is 3. The smallest absolute Gasteiger partial charge is 0.336 e. The Morgan fingerprint density at radius 3 is 2.50 bits per heavy atom. The Bertz CT molecular complexity index is 1320. The first-order chi connectivity index (χ1) is 18.1. The molecule has 2 aromatic carbocycles. The molecule has 3 heterocycles. The van der Waals surface area contributed by atoms with Crippen molar-refractivity contribution in [3.05, 3.63) is 53.7 Å². The van der Waals surface area contributed by atoms with Crippen molar-refractivity contribution in [1.82, 2.24) is 15.0 Å². The largest absolute Gasteiger partial charge is 0.497 e. The van der Waals surface area contributed by atoms with Crippen LogP contribution in [0.5, 0.6) is 17.2 Å². The number of carbonyl (C=O) groups excluding carboxylic acids is 1. The third kappa shape index (κ3) is 4.62. The number of aliphatic hydroxyl groups is 2. The van der Waals surface area contributed by atoms with Gasteiger partial charge in [-0.05, 0) is 56.7 Å². The maximum Gasteiger partial charge on any atom is 0.336 e. The lowest BCUT2D eigenvalue weighted by Gasteiger charge is -2.46. The van der Waals surface area contributed by atoms with Gasteiger partial charge in [-0.15, -0.1) is 5.10 Å². The lowest BCUT2D eigenvalue weighted by atomic mass is 9.89. The van der Waals surface area contributed by atoms with Crippen molar-refractivity contribution in [2.45, 2.75) is 63.4 Å². The highest BCUT2D eigenvalue weighted by atomic mass is 16.7. The number of rotatable bonds is 6. The summed E-state index contributed by atoms with van der Waals surface area (Å²) in [6.07, 6.45) is -2.38. The van der Waals surface area contributed by atoms with Gasteiger partial charge in [-0.3, -0.25) is 0 Å². The summed E-state index contributed by atoms with van der Waals surface area (Å²) in [5.74, 6) is 1.01. The molecule has 5 atom stereocenters. The van der Waals surface area contributed by atoms with Gasteiger partial charge >= 0.3 is 5.97 Å². The van der Waals surface area contributed by atoms with Crippen LogP contribution >= 0.6 is 0 Å². The van der Waals surface area contributed by atoms with Crippen molar-refractivity contribution in [3.8, 4) is 28.5 Å². The zero-order chi connectivity index (χ0) is 27.2. The average Bonchev–Trinajstić information content (AvgIpc) is 3.39. The molecule has 1 aromatic heterocycles. The molecular weight excluding hydrogens is 494 g/mol. The number of esters is 1. The number of carbonyl (C=O) groups is 1. The predicted octanol–water partition coefficient (Wildman–Crippen LogP) is 2.22. The second-order valence-corrected chi connectivity index (χ2v) is 9.98. The van der Waals surface area contributed by atoms with E-state index in [-0.39, 0.29) is 0 Å². The minimum Gasteiger partial charge on any atom is -0.497 e. The minimum absolute atomic E-state index is 0.352. The first-order valence-electron chi connectivity index (χ1n) is 12.3. The quantitative estimate of drug-likeness (QED) is 0.364. The molecule has 0 bridgehead atoms. The molecule has 1 unspecified atom stereocenters. The second-order valence-electron chi connectivity index (χ2n) is 9.98. The maximum atomic E-state index is 13.0. The van der Waals surface area contributed by atoms with Gasteiger partial charge in [0.1, 0.15) is 41.3 Å². The van der Waals surface area contributed by atoms with Gasteiger partial charge < -0.3 is 33.9 Å². The molecule has 2 N–H and O–H groups in total. The van der Waals surface area contributed by atoms with Gasteiger partial charge in [-0.2, -0.15) is 0 Å². The summed E-state index contributed by atoms with van der Waals surface area (Å²) in [5, 5.41) is 29.5. The van der Waals surface area contributed by atoms with Crippen molar-refractivity contribution >= 4 is 5.97 Å². The van der Waals surface area contributed by atoms with Crippen LogP contribution in [0.1, 0.15) is 31.0 Å². The lowest BCUT2D eigenvalue weighted by Crippen LogP contribution is -2.63. The van der Waals surface area contributed by atoms with E-state index in [1.807, 2.05) is 24.3 Å². The van der Waals surface area contributed by atoms with Gasteiger partial charge in [0, 0.05) is 24.7 Å². The molecule has 2 aliphatic rings. The van der Waals surface area contributed by atoms with Gasteiger partial charge in [0.15, 0.2) is 6.04 Å². The van der Waals surface area contributed by atoms with Crippen LogP contribution in [0.3, 0.4) is 0 Å². The van der Waals surface area contributed by atoms with Gasteiger partial charge in [-0.1, -0.05) is 11.3 Å². The van der Waals surface area contributed by atoms with Crippen molar-refractivity contribution in [2.24, 2.45) is 0 Å². The van der Waals surface area contributed by atoms with E-state index >= 15 is 0 Å². The van der Waals surface area contributed by atoms with Crippen LogP contribution in [0, 0.1) is 6.92 Å². The van der Waals surface area contributed by atoms with Crippen LogP contribution in [0.4, 0.5) is 0 Å². The summed E-state index contributed by atoms with van der Waals surface area (Å²) in [7, 11) is 3.05. The average molecular weight is 526 g/mol. The maximum absolute atomic E-state index is 13.0. The summed E-state index contributed by atoms with van der Waals surface area (Å²) in [6, 6.07) is 10.2. The number of ether oxygens (including phenoxy) is 5. The molecular formula is C27H31N3O8. The Kier molecular flexibility index (Phi) is 6.86. The number of nitrogens with zero attached hydrogens (tertiary/aromatic N) is 3. The fourth-order valence-corrected chi connectivity index (χ4v) is 4.97. The molecule has 202 valence electrons. The highest BCUT2D eigenvalue weighted by molar-refractivity contribution is 5.80. The Morgan fingerprint density at radius 2 is 1.82 bits per heavy atom. The van der Waals surface area contributed by atoms with Gasteiger partial charge in [0.25, 0.3) is 0 Å². The molecule has 0 saturated carbocycles. The molecule has 1 fully saturated rings. The van der Waals surface area contributed by atoms with Crippen molar-refractivity contribution < 1.29 is 38.7 Å². The van der Waals surface area contributed by atoms with Gasteiger partial charge in [0.2, 0.25) is 6.29 Å². The Balaban J connectivity index is 1.34. The number of methoxy groups -OCH3 is 2. The Morgan fingerprint density at radius 1 is 1.08 bits per heavy atom. The normalized spacial score (nSPS) is 26.4. The number of benzene rings is 2. The molecule has 5 rings (SSSR count). The van der Waals surface area contributed by atoms with Crippen LogP contribution in [0.25, 0.3) is 11.3 Å². The SMILES string of the molecule is COc1ccc(-c2cn(C3Cc4ccc(O[C@@H]5OC(C)(C)[C@H](OC)[C@@H](O)[C@H]5O)c(C)c4OC3=O)nn2)cc1. The number of hydrogen-bond acceptors (Lipinski definition) is 10. The van der Waals surface area contributed by atoms with E-state index in [0.29, 0.717) is 29.2 Å². The topological polar surface area (TPSA) is 134 Å². The molecule has 0 radical (unpaired) electrons. The molecule has 38 heavy (non-hydrogen) atoms. The Hall–Kier alpha value is -3.51. The first-order valence-corrected chi connectivity index (χ1v) is 12.3. The molecule has 11 nitrogen and oxygen atoms in total. The van der Waals surface area contributed by atoms with E-state index in [0.717, 1.165) is 16.9 Å². The summed E-state index contributed by atoms with van der Waals surface area (Å²) < 4.78 is 29.6. The van der Waals surface area contributed by atoms with Crippen molar-refractivity contribution in [3.63, 3.8) is 0 Å². The monoisotopic (exact) mass is 525 g/mol. The van der Waals surface area contributed by atoms with E-state index in [1.54, 1.807) is 46.2 Å². The standard InChI is InChI=1S/C27H31N3O8/c1-14-20(36-26-22(32)21(31)24(35-5)27(2,3)38-26)11-8-16-12-19(25(33)37-23(14)16)30-13-18(28-29-30)15-6-9-17(34-4)10-7-15/h6-11,13,19,21-22,24,26,31-32H,12H2,1-5H3/t19?,21-,22+,24+,26+/m0/s1. The third-order valence-electron chi connectivity index (χ3n) is 7.08. The summed E-state index contributed by atoms with van der Waals surface area (Å²) in [5.41, 5.74) is 1.92. The summed E-state index contributed by atoms with van der Waals surface area (Å²) >= 11 is 0. The minimum atomic E-state index is -1.34. The fourth-order valence-electron chi connectivity index (χ4n) is 4.97. The van der Waals surface area contributed by atoms with Crippen LogP contribution < -0.4 is 14.2 Å². The molecule has 0 spiro atoms. The molecule has 1 saturated heterocycles. The van der Waals surface area contributed by atoms with Gasteiger partial charge in [0.05, 0.1) is 18.9 Å². The van der Waals surface area contributed by atoms with Crippen LogP contribution in [0.15, 0.2) is 42.6 Å². The number of hydrogen-bond donors (Lipinski definition) is 2. The van der Waals surface area contributed by atoms with Crippen LogP contribution in [-0.4, -0.2) is 75.6 Å². The van der Waals surface area contributed by atoms with E-state index < -0.39 is 42.2 Å². The van der Waals surface area contributed by atoms with Crippen LogP contribution in [-0.2, 0) is 20.7 Å². The highest BCUT2D eigenvalue weighted by Gasteiger charge is 2.50. The van der Waals surface area contributed by atoms with Crippen LogP contribution in [0.2, 0.25) is 0 Å². The fraction of sp³-hybridized carbons (Fsp3) is 0.444. The second kappa shape index (κ2) is 9.99. The molecule has 2 aliphatic heterocycles. The molecule has 0 aliphatic carbocycles. The zero-order valence-corrected chi connectivity index (χ0v) is 21.8. The van der Waals surface area contributed by atoms with E-state index in [4.69, 9.17) is 23.7 Å². The first kappa shape index (κ1) is 26.1. The summed E-state index contributed by atoms with van der Waals surface area (Å²) in [4.78, 5) is 13.0. The predicted molar refractivity (Wildman–Crippen MR) is 134 cm³/mol. The molecule has 11 heteroatoms. The van der Waals surface area contributed by atoms with Crippen molar-refractivity contribution in [1.29, 1.82) is 0 Å². The Labute approximate surface area is 219 Å². The number of aliphatic hydroxyl groups excluding tert-OH is 2. The van der Waals surface area contributed by atoms with E-state index in [2.05, 4.69) is 10.3 Å². The zero-order valence-electron chi connectivity index (χ0n) is 21.8. The third-order valence-corrected chi connectivity index (χ3v) is 7.08. The molecule has 3 aromatic rings. The van der Waals surface area contributed by atoms with E-state index in [9.17, 15) is 15.0 Å². The highest BCUT2D eigenvalue weighted by Crippen LogP contribution is 2.40. The molecule has 0 amide bonds. The number of fused-ring (bicyclic) bond motifs is 1. The lowest BCUT2D eigenvalue weighted by molar-refractivity contribution is -0.306. The van der Waals surface area contributed by atoms with Gasteiger partial charge in [-0.25, -0.2) is 9.48 Å². The summed E-state index contributed by atoms with van der Waals surface area (Å²) in [6.45, 7) is 5.25. The van der Waals surface area contributed by atoms with E-state index in [1.165, 1.54) is 11.8 Å².